The van der Waals surface area contributed by atoms with Crippen molar-refractivity contribution in [1.82, 2.24) is 0 Å². The maximum absolute atomic E-state index is 9.59. The van der Waals surface area contributed by atoms with Crippen LogP contribution in [0.1, 0.15) is 18.6 Å². The first-order valence-corrected chi connectivity index (χ1v) is 4.83. The van der Waals surface area contributed by atoms with Gasteiger partial charge in [0.25, 0.3) is 0 Å². The van der Waals surface area contributed by atoms with E-state index in [2.05, 4.69) is 22.6 Å². The van der Waals surface area contributed by atoms with E-state index in [1.165, 1.54) is 0 Å². The van der Waals surface area contributed by atoms with Crippen LogP contribution in [0, 0.1) is 0 Å². The van der Waals surface area contributed by atoms with Crippen molar-refractivity contribution in [2.45, 2.75) is 17.0 Å². The molecule has 0 aromatic heterocycles. The zero-order valence-corrected chi connectivity index (χ0v) is 8.52. The lowest BCUT2D eigenvalue weighted by atomic mass is 10.1. The van der Waals surface area contributed by atoms with E-state index < -0.39 is 0 Å². The molecule has 0 aliphatic heterocycles. The largest absolute Gasteiger partial charge is 0.387 e. The molecule has 60 valence electrons. The Morgan fingerprint density at radius 2 is 1.82 bits per heavy atom. The van der Waals surface area contributed by atoms with Crippen LogP contribution < -0.4 is 0 Å². The number of hydrogen-bond acceptors (Lipinski definition) is 1. The lowest BCUT2D eigenvalue weighted by molar-refractivity contribution is 0.184. The van der Waals surface area contributed by atoms with E-state index in [0.29, 0.717) is 0 Å². The first-order chi connectivity index (χ1) is 5.22. The Bertz CT molecular complexity index is 208. The molecule has 0 radical (unpaired) electrons. The lowest BCUT2D eigenvalue weighted by Gasteiger charge is -2.12. The van der Waals surface area contributed by atoms with Crippen molar-refractivity contribution >= 4 is 22.6 Å². The second kappa shape index (κ2) is 4.07. The molecule has 0 unspecified atom stereocenters. The Labute approximate surface area is 80.6 Å². The molecular weight excluding hydrogens is 251 g/mol. The summed E-state index contributed by atoms with van der Waals surface area (Å²) in [4.78, 5) is 0. The van der Waals surface area contributed by atoms with Crippen LogP contribution >= 0.6 is 22.6 Å². The topological polar surface area (TPSA) is 20.2 Å². The van der Waals surface area contributed by atoms with E-state index in [-0.39, 0.29) is 10.0 Å². The van der Waals surface area contributed by atoms with Crippen LogP contribution in [0.2, 0.25) is 0 Å². The number of aliphatic hydroxyl groups is 1. The third-order valence-corrected chi connectivity index (χ3v) is 2.26. The van der Waals surface area contributed by atoms with Crippen molar-refractivity contribution in [2.24, 2.45) is 0 Å². The van der Waals surface area contributed by atoms with Gasteiger partial charge in [-0.25, -0.2) is 0 Å². The van der Waals surface area contributed by atoms with Crippen LogP contribution in [0.4, 0.5) is 0 Å². The number of benzene rings is 1. The number of hydrogen-bond donors (Lipinski definition) is 1. The second-order valence-electron chi connectivity index (χ2n) is 2.53. The average molecular weight is 262 g/mol. The smallest absolute Gasteiger partial charge is 0.0904 e. The standard InChI is InChI=1S/C9H11IO/c1-7(10)9(11)8-5-3-2-4-6-8/h2-7,9,11H,1H3/t7-,9-/m1/s1. The summed E-state index contributed by atoms with van der Waals surface area (Å²) >= 11 is 2.22. The van der Waals surface area contributed by atoms with E-state index in [9.17, 15) is 5.11 Å². The Balaban J connectivity index is 2.77. The van der Waals surface area contributed by atoms with Gasteiger partial charge in [-0.15, -0.1) is 0 Å². The lowest BCUT2D eigenvalue weighted by Crippen LogP contribution is -2.06. The fourth-order valence-electron chi connectivity index (χ4n) is 0.915. The predicted molar refractivity (Wildman–Crippen MR) is 54.9 cm³/mol. The Morgan fingerprint density at radius 1 is 1.27 bits per heavy atom. The highest BCUT2D eigenvalue weighted by molar-refractivity contribution is 14.1. The van der Waals surface area contributed by atoms with Crippen LogP contribution in [-0.2, 0) is 0 Å². The summed E-state index contributed by atoms with van der Waals surface area (Å²) in [5.74, 6) is 0. The van der Waals surface area contributed by atoms with E-state index in [1.807, 2.05) is 37.3 Å². The SMILES string of the molecule is C[C@@H](I)[C@@H](O)c1ccccc1. The molecule has 0 saturated heterocycles. The molecule has 0 aliphatic rings. The van der Waals surface area contributed by atoms with Gasteiger partial charge in [0.05, 0.1) is 6.10 Å². The monoisotopic (exact) mass is 262 g/mol. The van der Waals surface area contributed by atoms with Crippen LogP contribution in [0.15, 0.2) is 30.3 Å². The highest BCUT2D eigenvalue weighted by atomic mass is 127. The van der Waals surface area contributed by atoms with Crippen LogP contribution in [-0.4, -0.2) is 9.03 Å². The molecule has 0 saturated carbocycles. The minimum Gasteiger partial charge on any atom is -0.387 e. The first-order valence-electron chi connectivity index (χ1n) is 3.59. The number of alkyl halides is 1. The molecule has 0 heterocycles. The minimum absolute atomic E-state index is 0.259. The van der Waals surface area contributed by atoms with Crippen molar-refractivity contribution in [3.8, 4) is 0 Å². The molecule has 0 fully saturated rings. The molecule has 1 rings (SSSR count). The molecule has 0 spiro atoms. The molecule has 2 atom stereocenters. The summed E-state index contributed by atoms with van der Waals surface area (Å²) in [5, 5.41) is 9.59. The maximum Gasteiger partial charge on any atom is 0.0904 e. The Hall–Kier alpha value is -0.0900. The molecule has 1 aromatic carbocycles. The van der Waals surface area contributed by atoms with Crippen molar-refractivity contribution in [3.63, 3.8) is 0 Å². The van der Waals surface area contributed by atoms with Gasteiger partial charge >= 0.3 is 0 Å². The van der Waals surface area contributed by atoms with E-state index >= 15 is 0 Å². The molecule has 2 heteroatoms. The van der Waals surface area contributed by atoms with Crippen LogP contribution in [0.25, 0.3) is 0 Å². The third-order valence-electron chi connectivity index (χ3n) is 1.58. The normalized spacial score (nSPS) is 15.9. The predicted octanol–water partition coefficient (Wildman–Crippen LogP) is 2.54. The van der Waals surface area contributed by atoms with Crippen molar-refractivity contribution in [2.75, 3.05) is 0 Å². The van der Waals surface area contributed by atoms with Gasteiger partial charge in [-0.1, -0.05) is 59.8 Å². The average Bonchev–Trinajstić information content (AvgIpc) is 2.05. The van der Waals surface area contributed by atoms with E-state index in [1.54, 1.807) is 0 Å². The van der Waals surface area contributed by atoms with Crippen LogP contribution in [0.5, 0.6) is 0 Å². The Kier molecular flexibility index (Phi) is 3.33. The molecular formula is C9H11IO. The van der Waals surface area contributed by atoms with E-state index in [0.717, 1.165) is 5.56 Å². The molecule has 1 N–H and O–H groups in total. The van der Waals surface area contributed by atoms with Crippen LogP contribution in [0.3, 0.4) is 0 Å². The summed E-state index contributed by atoms with van der Waals surface area (Å²) < 4.78 is 0.259. The van der Waals surface area contributed by atoms with Crippen molar-refractivity contribution < 1.29 is 5.11 Å². The summed E-state index contributed by atoms with van der Waals surface area (Å²) in [7, 11) is 0. The van der Waals surface area contributed by atoms with Gasteiger partial charge in [0.1, 0.15) is 0 Å². The summed E-state index contributed by atoms with van der Waals surface area (Å²) in [6, 6.07) is 9.73. The molecule has 0 bridgehead atoms. The van der Waals surface area contributed by atoms with Gasteiger partial charge < -0.3 is 5.11 Å². The zero-order valence-electron chi connectivity index (χ0n) is 6.37. The summed E-state index contributed by atoms with van der Waals surface area (Å²) in [6.45, 7) is 2.00. The van der Waals surface area contributed by atoms with Crippen molar-refractivity contribution in [1.29, 1.82) is 0 Å². The highest BCUT2D eigenvalue weighted by Gasteiger charge is 2.11. The van der Waals surface area contributed by atoms with Crippen molar-refractivity contribution in [3.05, 3.63) is 35.9 Å². The fourth-order valence-corrected chi connectivity index (χ4v) is 1.33. The quantitative estimate of drug-likeness (QED) is 0.641. The zero-order chi connectivity index (χ0) is 8.27. The summed E-state index contributed by atoms with van der Waals surface area (Å²) in [6.07, 6.45) is -0.336. The van der Waals surface area contributed by atoms with Gasteiger partial charge in [0, 0.05) is 3.92 Å². The van der Waals surface area contributed by atoms with Gasteiger partial charge in [-0.2, -0.15) is 0 Å². The van der Waals surface area contributed by atoms with Gasteiger partial charge in [-0.05, 0) is 5.56 Å². The highest BCUT2D eigenvalue weighted by Crippen LogP contribution is 2.21. The molecule has 11 heavy (non-hydrogen) atoms. The van der Waals surface area contributed by atoms with Gasteiger partial charge in [0.2, 0.25) is 0 Å². The number of rotatable bonds is 2. The maximum atomic E-state index is 9.59. The second-order valence-corrected chi connectivity index (χ2v) is 4.50. The van der Waals surface area contributed by atoms with Gasteiger partial charge in [-0.3, -0.25) is 0 Å². The van der Waals surface area contributed by atoms with E-state index in [4.69, 9.17) is 0 Å². The van der Waals surface area contributed by atoms with Gasteiger partial charge in [0.15, 0.2) is 0 Å². The molecule has 0 amide bonds. The Morgan fingerprint density at radius 3 is 2.27 bits per heavy atom. The third kappa shape index (κ3) is 2.45. The number of halogens is 1. The fraction of sp³-hybridized carbons (Fsp3) is 0.333. The number of aliphatic hydroxyl groups excluding tert-OH is 1. The first kappa shape index (κ1) is 9.00. The molecule has 0 aliphatic carbocycles. The summed E-state index contributed by atoms with van der Waals surface area (Å²) in [5.41, 5.74) is 0.995. The molecule has 1 nitrogen and oxygen atoms in total. The molecule has 1 aromatic rings. The minimum atomic E-state index is -0.336.